The molecule has 202 valence electrons. The Morgan fingerprint density at radius 3 is 2.42 bits per heavy atom. The van der Waals surface area contributed by atoms with Crippen molar-refractivity contribution in [2.75, 3.05) is 14.1 Å². The molecule has 1 atom stereocenters. The zero-order valence-corrected chi connectivity index (χ0v) is 21.9. The number of benzene rings is 3. The van der Waals surface area contributed by atoms with E-state index >= 15 is 0 Å². The van der Waals surface area contributed by atoms with Crippen LogP contribution in [0.25, 0.3) is 32.8 Å². The molecule has 0 radical (unpaired) electrons. The van der Waals surface area contributed by atoms with Crippen LogP contribution in [0.2, 0.25) is 0 Å². The quantitative estimate of drug-likeness (QED) is 0.280. The summed E-state index contributed by atoms with van der Waals surface area (Å²) in [5, 5.41) is 15.6. The van der Waals surface area contributed by atoms with Crippen LogP contribution in [0, 0.1) is 11.6 Å². The molecule has 40 heavy (non-hydrogen) atoms. The number of carbonyl (C=O) groups excluding carboxylic acids is 1. The highest BCUT2D eigenvalue weighted by molar-refractivity contribution is 6.05. The van der Waals surface area contributed by atoms with Gasteiger partial charge < -0.3 is 15.3 Å². The predicted octanol–water partition coefficient (Wildman–Crippen LogP) is 5.22. The Morgan fingerprint density at radius 1 is 0.950 bits per heavy atom. The molecule has 5 rings (SSSR count). The lowest BCUT2D eigenvalue weighted by molar-refractivity contribution is -0.139. The largest absolute Gasteiger partial charge is 0.480 e. The van der Waals surface area contributed by atoms with Crippen LogP contribution in [0.4, 0.5) is 8.78 Å². The minimum absolute atomic E-state index is 0.110. The summed E-state index contributed by atoms with van der Waals surface area (Å²) >= 11 is 0. The van der Waals surface area contributed by atoms with Gasteiger partial charge in [0.05, 0.1) is 5.69 Å². The molecule has 0 saturated heterocycles. The summed E-state index contributed by atoms with van der Waals surface area (Å²) in [7, 11) is 3.99. The maximum Gasteiger partial charge on any atom is 0.326 e. The van der Waals surface area contributed by atoms with Crippen molar-refractivity contribution < 1.29 is 23.5 Å². The average Bonchev–Trinajstić information content (AvgIpc) is 2.91. The van der Waals surface area contributed by atoms with Crippen molar-refractivity contribution in [2.45, 2.75) is 19.0 Å². The number of carbonyl (C=O) groups is 2. The second kappa shape index (κ2) is 11.2. The molecule has 7 nitrogen and oxygen atoms in total. The van der Waals surface area contributed by atoms with Gasteiger partial charge in [0.1, 0.15) is 23.2 Å². The molecule has 5 aromatic rings. The van der Waals surface area contributed by atoms with E-state index in [2.05, 4.69) is 27.3 Å². The minimum Gasteiger partial charge on any atom is -0.480 e. The fourth-order valence-corrected chi connectivity index (χ4v) is 4.94. The molecule has 0 saturated carbocycles. The molecule has 0 aliphatic rings. The van der Waals surface area contributed by atoms with Crippen LogP contribution in [0.1, 0.15) is 21.5 Å². The summed E-state index contributed by atoms with van der Waals surface area (Å²) in [4.78, 5) is 35.9. The molecule has 0 fully saturated rings. The van der Waals surface area contributed by atoms with Crippen molar-refractivity contribution in [3.8, 4) is 11.3 Å². The summed E-state index contributed by atoms with van der Waals surface area (Å²) in [5.74, 6) is -4.60. The van der Waals surface area contributed by atoms with Gasteiger partial charge in [-0.15, -0.1) is 0 Å². The van der Waals surface area contributed by atoms with Gasteiger partial charge in [0.25, 0.3) is 5.91 Å². The molecule has 2 N–H and O–H groups in total. The summed E-state index contributed by atoms with van der Waals surface area (Å²) in [6, 6.07) is 15.0. The van der Waals surface area contributed by atoms with Gasteiger partial charge >= 0.3 is 5.97 Å². The highest BCUT2D eigenvalue weighted by atomic mass is 19.1. The van der Waals surface area contributed by atoms with Gasteiger partial charge in [-0.1, -0.05) is 24.3 Å². The maximum atomic E-state index is 14.1. The number of amides is 1. The molecule has 9 heteroatoms. The number of halogens is 2. The van der Waals surface area contributed by atoms with Gasteiger partial charge in [0.2, 0.25) is 0 Å². The van der Waals surface area contributed by atoms with E-state index in [1.54, 1.807) is 36.8 Å². The van der Waals surface area contributed by atoms with Crippen LogP contribution in [0.5, 0.6) is 0 Å². The summed E-state index contributed by atoms with van der Waals surface area (Å²) in [5.41, 5.74) is 2.51. The first-order valence-electron chi connectivity index (χ1n) is 12.6. The van der Waals surface area contributed by atoms with Crippen LogP contribution in [0.15, 0.2) is 79.3 Å². The third-order valence-electron chi connectivity index (χ3n) is 6.68. The van der Waals surface area contributed by atoms with Crippen LogP contribution >= 0.6 is 0 Å². The molecular weight excluding hydrogens is 514 g/mol. The summed E-state index contributed by atoms with van der Waals surface area (Å²) < 4.78 is 28.3. The van der Waals surface area contributed by atoms with Crippen molar-refractivity contribution in [3.05, 3.63) is 108 Å². The zero-order valence-electron chi connectivity index (χ0n) is 21.9. The fourth-order valence-electron chi connectivity index (χ4n) is 4.94. The van der Waals surface area contributed by atoms with Crippen LogP contribution in [-0.4, -0.2) is 52.0 Å². The van der Waals surface area contributed by atoms with E-state index in [4.69, 9.17) is 4.98 Å². The van der Waals surface area contributed by atoms with Crippen molar-refractivity contribution in [1.82, 2.24) is 20.2 Å². The Morgan fingerprint density at radius 2 is 1.70 bits per heavy atom. The van der Waals surface area contributed by atoms with Crippen molar-refractivity contribution in [3.63, 3.8) is 0 Å². The number of aromatic nitrogens is 2. The molecule has 1 amide bonds. The highest BCUT2D eigenvalue weighted by Crippen LogP contribution is 2.34. The number of carboxylic acid groups (broad SMARTS) is 1. The fraction of sp³-hybridized carbons (Fsp3) is 0.161. The third kappa shape index (κ3) is 5.37. The topological polar surface area (TPSA) is 95.4 Å². The van der Waals surface area contributed by atoms with Gasteiger partial charge in [-0.2, -0.15) is 0 Å². The van der Waals surface area contributed by atoms with Crippen molar-refractivity contribution in [2.24, 2.45) is 0 Å². The lowest BCUT2D eigenvalue weighted by Crippen LogP contribution is -2.43. The second-order valence-electron chi connectivity index (χ2n) is 9.81. The van der Waals surface area contributed by atoms with E-state index < -0.39 is 35.1 Å². The summed E-state index contributed by atoms with van der Waals surface area (Å²) in [6.07, 6.45) is 5.09. The van der Waals surface area contributed by atoms with Crippen LogP contribution < -0.4 is 5.32 Å². The Kier molecular flexibility index (Phi) is 7.48. The number of aliphatic carboxylic acids is 1. The first-order valence-corrected chi connectivity index (χ1v) is 12.6. The zero-order chi connectivity index (χ0) is 28.4. The van der Waals surface area contributed by atoms with E-state index in [0.29, 0.717) is 11.3 Å². The van der Waals surface area contributed by atoms with Gasteiger partial charge in [-0.05, 0) is 72.4 Å². The smallest absolute Gasteiger partial charge is 0.326 e. The highest BCUT2D eigenvalue weighted by Gasteiger charge is 2.25. The Labute approximate surface area is 229 Å². The lowest BCUT2D eigenvalue weighted by Gasteiger charge is -2.18. The number of hydrogen-bond donors (Lipinski definition) is 2. The molecule has 0 aliphatic carbocycles. The first-order chi connectivity index (χ1) is 19.2. The second-order valence-corrected chi connectivity index (χ2v) is 9.81. The molecule has 0 aliphatic heterocycles. The molecular formula is C31H26F2N4O3. The van der Waals surface area contributed by atoms with Crippen molar-refractivity contribution in [1.29, 1.82) is 0 Å². The van der Waals surface area contributed by atoms with E-state index in [-0.39, 0.29) is 6.42 Å². The standard InChI is InChI=1S/C31H26F2N4O3/c1-37(2)17-18-13-20-9-11-34-16-24(20)23(14-18)29-22-6-3-5-19(21(22)10-12-35-29)15-27(31(39)40)36-30(38)28-25(32)7-4-8-26(28)33/h3-14,16,27H,15,17H2,1-2H3,(H,36,38)(H,39,40)/t27-/m0/s1. The number of pyridine rings is 2. The molecule has 0 bridgehead atoms. The maximum absolute atomic E-state index is 14.1. The number of nitrogens with zero attached hydrogens (tertiary/aromatic N) is 3. The lowest BCUT2D eigenvalue weighted by atomic mass is 9.93. The number of carboxylic acids is 1. The normalized spacial score (nSPS) is 12.1. The first kappa shape index (κ1) is 26.8. The number of fused-ring (bicyclic) bond motifs is 2. The van der Waals surface area contributed by atoms with Crippen LogP contribution in [-0.2, 0) is 17.8 Å². The van der Waals surface area contributed by atoms with E-state index in [1.807, 2.05) is 26.2 Å². The minimum atomic E-state index is -1.43. The van der Waals surface area contributed by atoms with E-state index in [0.717, 1.165) is 57.4 Å². The SMILES string of the molecule is CN(C)Cc1cc(-c2nccc3c(C[C@H](NC(=O)c4c(F)cccc4F)C(=O)O)cccc23)c2cnccc2c1. The number of hydrogen-bond acceptors (Lipinski definition) is 5. The average molecular weight is 541 g/mol. The van der Waals surface area contributed by atoms with E-state index in [9.17, 15) is 23.5 Å². The molecule has 3 aromatic carbocycles. The Balaban J connectivity index is 1.56. The summed E-state index contributed by atoms with van der Waals surface area (Å²) in [6.45, 7) is 0.726. The third-order valence-corrected chi connectivity index (χ3v) is 6.68. The van der Waals surface area contributed by atoms with Crippen LogP contribution in [0.3, 0.4) is 0 Å². The van der Waals surface area contributed by atoms with E-state index in [1.165, 1.54) is 0 Å². The van der Waals surface area contributed by atoms with Gasteiger partial charge in [-0.25, -0.2) is 13.6 Å². The van der Waals surface area contributed by atoms with Gasteiger partial charge in [-0.3, -0.25) is 14.8 Å². The number of rotatable bonds is 8. The predicted molar refractivity (Wildman–Crippen MR) is 149 cm³/mol. The van der Waals surface area contributed by atoms with Crippen molar-refractivity contribution >= 4 is 33.4 Å². The molecule has 0 spiro atoms. The monoisotopic (exact) mass is 540 g/mol. The van der Waals surface area contributed by atoms with Gasteiger partial charge in [0.15, 0.2) is 0 Å². The molecule has 2 aromatic heterocycles. The van der Waals surface area contributed by atoms with Gasteiger partial charge in [0, 0.05) is 47.9 Å². The Bertz CT molecular complexity index is 1740. The number of nitrogens with one attached hydrogen (secondary N) is 1. The molecule has 2 heterocycles. The Hall–Kier alpha value is -4.76. The molecule has 0 unspecified atom stereocenters.